The van der Waals surface area contributed by atoms with Crippen LogP contribution in [0.3, 0.4) is 0 Å². The van der Waals surface area contributed by atoms with E-state index in [1.807, 2.05) is 43.3 Å². The van der Waals surface area contributed by atoms with Crippen molar-refractivity contribution >= 4 is 51.9 Å². The number of nitrogens with one attached hydrogen (secondary N) is 1. The number of aromatic nitrogens is 3. The Morgan fingerprint density at radius 2 is 1.86 bits per heavy atom. The van der Waals surface area contributed by atoms with Crippen LogP contribution in [-0.4, -0.2) is 49.1 Å². The molecular weight excluding hydrogens is 670 g/mol. The van der Waals surface area contributed by atoms with Crippen LogP contribution in [0.4, 0.5) is 18.9 Å². The quantitative estimate of drug-likeness (QED) is 0.165. The second-order valence-corrected chi connectivity index (χ2v) is 13.6. The second kappa shape index (κ2) is 15.4. The SMILES string of the molecule is Cc1ccc(C(C)C)c(N2C(=O)CSC2=NC(=S)NC(C)CC(C)/C=C/c2cccc(-c3ncn(-c4ccc(OC(F)(F)F)cc4)n3)c2)c1. The van der Waals surface area contributed by atoms with Gasteiger partial charge in [0.1, 0.15) is 12.1 Å². The van der Waals surface area contributed by atoms with E-state index >= 15 is 0 Å². The highest BCUT2D eigenvalue weighted by molar-refractivity contribution is 8.15. The fraction of sp³-hybridized carbons (Fsp3) is 0.306. The number of alkyl halides is 3. The Hall–Kier alpha value is -4.49. The molecule has 256 valence electrons. The van der Waals surface area contributed by atoms with E-state index < -0.39 is 6.36 Å². The summed E-state index contributed by atoms with van der Waals surface area (Å²) in [5.74, 6) is 0.947. The zero-order chi connectivity index (χ0) is 35.3. The number of carbonyl (C=O) groups is 1. The zero-order valence-electron chi connectivity index (χ0n) is 27.7. The summed E-state index contributed by atoms with van der Waals surface area (Å²) < 4.78 is 42.9. The van der Waals surface area contributed by atoms with Crippen molar-refractivity contribution < 1.29 is 22.7 Å². The predicted octanol–water partition coefficient (Wildman–Crippen LogP) is 8.70. The van der Waals surface area contributed by atoms with Gasteiger partial charge in [0, 0.05) is 11.6 Å². The van der Waals surface area contributed by atoms with Gasteiger partial charge in [-0.3, -0.25) is 9.69 Å². The molecule has 1 aromatic heterocycles. The lowest BCUT2D eigenvalue weighted by molar-refractivity contribution is -0.274. The summed E-state index contributed by atoms with van der Waals surface area (Å²) in [5, 5.41) is 8.74. The summed E-state index contributed by atoms with van der Waals surface area (Å²) in [7, 11) is 0. The lowest BCUT2D eigenvalue weighted by atomic mass is 9.99. The molecule has 0 spiro atoms. The molecule has 1 N–H and O–H groups in total. The molecule has 2 heterocycles. The molecular formula is C36H37F3N6O2S2. The molecule has 0 bridgehead atoms. The Bertz CT molecular complexity index is 1870. The Morgan fingerprint density at radius 1 is 1.10 bits per heavy atom. The number of hydrogen-bond acceptors (Lipinski definition) is 6. The Balaban J connectivity index is 1.18. The summed E-state index contributed by atoms with van der Waals surface area (Å²) in [4.78, 5) is 23.7. The average Bonchev–Trinajstić information content (AvgIpc) is 3.66. The van der Waals surface area contributed by atoms with E-state index in [9.17, 15) is 18.0 Å². The summed E-state index contributed by atoms with van der Waals surface area (Å²) >= 11 is 7.00. The molecule has 0 radical (unpaired) electrons. The third-order valence-corrected chi connectivity index (χ3v) is 8.83. The average molecular weight is 707 g/mol. The molecule has 2 atom stereocenters. The predicted molar refractivity (Wildman–Crippen MR) is 194 cm³/mol. The van der Waals surface area contributed by atoms with Gasteiger partial charge in [-0.25, -0.2) is 9.67 Å². The van der Waals surface area contributed by atoms with Crippen LogP contribution >= 0.6 is 24.0 Å². The van der Waals surface area contributed by atoms with Crippen LogP contribution in [0, 0.1) is 12.8 Å². The first-order valence-corrected chi connectivity index (χ1v) is 17.2. The number of anilines is 1. The topological polar surface area (TPSA) is 84.6 Å². The number of allylic oxidation sites excluding steroid dienone is 1. The molecule has 8 nitrogen and oxygen atoms in total. The number of thioether (sulfide) groups is 1. The number of aryl methyl sites for hydroxylation is 1. The van der Waals surface area contributed by atoms with Crippen LogP contribution < -0.4 is 15.0 Å². The van der Waals surface area contributed by atoms with Crippen LogP contribution in [0.25, 0.3) is 23.2 Å². The number of amides is 1. The van der Waals surface area contributed by atoms with Crippen molar-refractivity contribution in [2.75, 3.05) is 10.7 Å². The maximum absolute atomic E-state index is 12.9. The molecule has 1 amide bonds. The van der Waals surface area contributed by atoms with Gasteiger partial charge in [0.2, 0.25) is 5.91 Å². The lowest BCUT2D eigenvalue weighted by Gasteiger charge is -2.23. The van der Waals surface area contributed by atoms with Crippen molar-refractivity contribution in [1.29, 1.82) is 0 Å². The highest BCUT2D eigenvalue weighted by Crippen LogP contribution is 2.34. The van der Waals surface area contributed by atoms with E-state index in [2.05, 4.69) is 71.0 Å². The molecule has 0 aliphatic carbocycles. The van der Waals surface area contributed by atoms with Crippen LogP contribution in [0.2, 0.25) is 0 Å². The first-order chi connectivity index (χ1) is 23.3. The summed E-state index contributed by atoms with van der Waals surface area (Å²) in [6.07, 6.45) is 1.72. The minimum Gasteiger partial charge on any atom is -0.406 e. The number of halogens is 3. The lowest BCUT2D eigenvalue weighted by Crippen LogP contribution is -2.35. The Labute approximate surface area is 293 Å². The van der Waals surface area contributed by atoms with Gasteiger partial charge < -0.3 is 10.1 Å². The monoisotopic (exact) mass is 706 g/mol. The van der Waals surface area contributed by atoms with Crippen molar-refractivity contribution in [3.63, 3.8) is 0 Å². The highest BCUT2D eigenvalue weighted by atomic mass is 32.2. The van der Waals surface area contributed by atoms with Crippen molar-refractivity contribution in [3.8, 4) is 22.8 Å². The number of thiocarbonyl (C=S) groups is 1. The number of nitrogens with zero attached hydrogens (tertiary/aromatic N) is 5. The van der Waals surface area contributed by atoms with E-state index in [4.69, 9.17) is 12.2 Å². The summed E-state index contributed by atoms with van der Waals surface area (Å²) in [6, 6.07) is 19.4. The van der Waals surface area contributed by atoms with Crippen LogP contribution in [0.1, 0.15) is 56.7 Å². The zero-order valence-corrected chi connectivity index (χ0v) is 29.4. The Morgan fingerprint density at radius 3 is 2.57 bits per heavy atom. The fourth-order valence-corrected chi connectivity index (χ4v) is 6.63. The van der Waals surface area contributed by atoms with Gasteiger partial charge in [-0.15, -0.1) is 18.3 Å². The molecule has 3 aromatic carbocycles. The number of amidine groups is 1. The fourth-order valence-electron chi connectivity index (χ4n) is 5.42. The summed E-state index contributed by atoms with van der Waals surface area (Å²) in [6.45, 7) is 10.4. The number of benzene rings is 3. The highest BCUT2D eigenvalue weighted by Gasteiger charge is 2.32. The largest absolute Gasteiger partial charge is 0.573 e. The van der Waals surface area contributed by atoms with Gasteiger partial charge in [0.05, 0.1) is 17.1 Å². The maximum atomic E-state index is 12.9. The summed E-state index contributed by atoms with van der Waals surface area (Å²) in [5.41, 5.74) is 5.34. The van der Waals surface area contributed by atoms with E-state index in [0.29, 0.717) is 27.5 Å². The third-order valence-electron chi connectivity index (χ3n) is 7.70. The molecule has 13 heteroatoms. The number of carbonyl (C=O) groups excluding carboxylic acids is 1. The van der Waals surface area contributed by atoms with Gasteiger partial charge in [-0.1, -0.05) is 75.0 Å². The smallest absolute Gasteiger partial charge is 0.406 e. The minimum atomic E-state index is -4.75. The molecule has 4 aromatic rings. The third kappa shape index (κ3) is 9.57. The van der Waals surface area contributed by atoms with E-state index in [0.717, 1.165) is 34.4 Å². The number of ether oxygens (including phenoxy) is 1. The van der Waals surface area contributed by atoms with Crippen LogP contribution in [0.5, 0.6) is 5.75 Å². The van der Waals surface area contributed by atoms with Crippen molar-refractivity contribution in [3.05, 3.63) is 95.8 Å². The van der Waals surface area contributed by atoms with Gasteiger partial charge in [0.15, 0.2) is 16.1 Å². The Kier molecular flexibility index (Phi) is 11.2. The van der Waals surface area contributed by atoms with Gasteiger partial charge >= 0.3 is 6.36 Å². The van der Waals surface area contributed by atoms with E-state index in [1.54, 1.807) is 4.90 Å². The minimum absolute atomic E-state index is 0.00722. The second-order valence-electron chi connectivity index (χ2n) is 12.2. The van der Waals surface area contributed by atoms with Gasteiger partial charge in [0.25, 0.3) is 0 Å². The molecule has 5 rings (SSSR count). The van der Waals surface area contributed by atoms with Crippen molar-refractivity contribution in [2.45, 2.75) is 59.4 Å². The number of aliphatic imine (C=N–C) groups is 1. The molecule has 1 fully saturated rings. The van der Waals surface area contributed by atoms with E-state index in [1.165, 1.54) is 47.0 Å². The van der Waals surface area contributed by atoms with E-state index in [-0.39, 0.29) is 29.5 Å². The molecule has 1 aliphatic heterocycles. The first-order valence-electron chi connectivity index (χ1n) is 15.8. The standard InChI is InChI=1S/C36H37F3N6O2S2/c1-22(2)30-16-10-24(4)18-31(30)45-32(46)20-49-35(45)42-34(48)41-25(5)17-23(3)9-11-26-7-6-8-27(19-26)33-40-21-44(43-33)28-12-14-29(15-13-28)47-36(37,38)39/h6-16,18-19,21-23,25H,17,20H2,1-5H3,(H,41,48)/b11-9+,42-35?. The van der Waals surface area contributed by atoms with Crippen LogP contribution in [-0.2, 0) is 4.79 Å². The first kappa shape index (κ1) is 35.8. The number of hydrogen-bond donors (Lipinski definition) is 1. The normalized spacial score (nSPS) is 15.7. The van der Waals surface area contributed by atoms with Crippen LogP contribution in [0.15, 0.2) is 84.1 Å². The molecule has 1 saturated heterocycles. The molecule has 49 heavy (non-hydrogen) atoms. The molecule has 1 aliphatic rings. The number of rotatable bonds is 10. The van der Waals surface area contributed by atoms with Gasteiger partial charge in [-0.05, 0) is 97.4 Å². The van der Waals surface area contributed by atoms with Gasteiger partial charge in [-0.2, -0.15) is 4.99 Å². The van der Waals surface area contributed by atoms with Crippen molar-refractivity contribution in [2.24, 2.45) is 10.9 Å². The molecule has 0 saturated carbocycles. The van der Waals surface area contributed by atoms with Crippen molar-refractivity contribution in [1.82, 2.24) is 20.1 Å². The molecule has 2 unspecified atom stereocenters. The maximum Gasteiger partial charge on any atom is 0.573 e.